The SMILES string of the molecule is CCC(=O)OB(OC(=O)CC)OC(=O)CC.[H-].[Na+]. The second-order valence-corrected chi connectivity index (χ2v) is 2.82. The molecule has 0 bridgehead atoms. The molecule has 0 atom stereocenters. The van der Waals surface area contributed by atoms with Gasteiger partial charge in [-0.25, -0.2) is 0 Å². The Bertz CT molecular complexity index is 233. The number of carbonyl (C=O) groups excluding carboxylic acids is 3. The van der Waals surface area contributed by atoms with Crippen molar-refractivity contribution in [3.05, 3.63) is 0 Å². The summed E-state index contributed by atoms with van der Waals surface area (Å²) in [6, 6.07) is 0. The smallest absolute Gasteiger partial charge is 1.00 e. The van der Waals surface area contributed by atoms with Crippen LogP contribution in [0.5, 0.6) is 0 Å². The van der Waals surface area contributed by atoms with E-state index in [-0.39, 0.29) is 50.2 Å². The van der Waals surface area contributed by atoms with Gasteiger partial charge in [0.15, 0.2) is 0 Å². The van der Waals surface area contributed by atoms with E-state index >= 15 is 0 Å². The van der Waals surface area contributed by atoms with Gasteiger partial charge in [-0.2, -0.15) is 0 Å². The van der Waals surface area contributed by atoms with Gasteiger partial charge in [0, 0.05) is 19.3 Å². The molecule has 0 N–H and O–H groups in total. The Balaban J connectivity index is -0.00000112. The van der Waals surface area contributed by atoms with Crippen LogP contribution in [-0.4, -0.2) is 25.2 Å². The van der Waals surface area contributed by atoms with Crippen LogP contribution in [0.3, 0.4) is 0 Å². The summed E-state index contributed by atoms with van der Waals surface area (Å²) in [5.41, 5.74) is 0. The van der Waals surface area contributed by atoms with Crippen molar-refractivity contribution in [2.45, 2.75) is 40.0 Å². The summed E-state index contributed by atoms with van der Waals surface area (Å²) in [6.45, 7) is 4.72. The van der Waals surface area contributed by atoms with E-state index in [1.165, 1.54) is 0 Å². The van der Waals surface area contributed by atoms with E-state index in [9.17, 15) is 14.4 Å². The molecule has 0 aromatic rings. The van der Waals surface area contributed by atoms with Crippen molar-refractivity contribution < 1.29 is 59.3 Å². The average Bonchev–Trinajstić information content (AvgIpc) is 2.28. The van der Waals surface area contributed by atoms with Gasteiger partial charge in [0.25, 0.3) is 17.9 Å². The zero-order chi connectivity index (χ0) is 12.6. The maximum atomic E-state index is 11.0. The predicted octanol–water partition coefficient (Wildman–Crippen LogP) is -2.05. The van der Waals surface area contributed by atoms with Crippen molar-refractivity contribution in [3.63, 3.8) is 0 Å². The Labute approximate surface area is 124 Å². The van der Waals surface area contributed by atoms with E-state index in [1.54, 1.807) is 20.8 Å². The molecule has 0 aliphatic rings. The standard InChI is InChI=1S/C9H15BO6.Na.H/c1-4-7(11)14-10(15-8(12)5-2)16-9(13)6-3;;/h4-6H2,1-3H3;;/q;+1;-1. The molecule has 0 saturated heterocycles. The van der Waals surface area contributed by atoms with Gasteiger partial charge >= 0.3 is 36.9 Å². The van der Waals surface area contributed by atoms with Crippen molar-refractivity contribution in [1.29, 1.82) is 0 Å². The Morgan fingerprint density at radius 3 is 1.24 bits per heavy atom. The molecule has 8 heteroatoms. The van der Waals surface area contributed by atoms with Crippen LogP contribution in [0.4, 0.5) is 0 Å². The zero-order valence-corrected chi connectivity index (χ0v) is 12.6. The van der Waals surface area contributed by atoms with Gasteiger partial charge < -0.3 is 15.4 Å². The molecule has 0 aliphatic carbocycles. The van der Waals surface area contributed by atoms with Gasteiger partial charge in [-0.3, -0.25) is 14.4 Å². The fourth-order valence-electron chi connectivity index (χ4n) is 0.644. The van der Waals surface area contributed by atoms with E-state index in [2.05, 4.69) is 14.0 Å². The van der Waals surface area contributed by atoms with Crippen LogP contribution in [-0.2, 0) is 28.3 Å². The van der Waals surface area contributed by atoms with Crippen molar-refractivity contribution in [2.75, 3.05) is 0 Å². The van der Waals surface area contributed by atoms with Gasteiger partial charge in [0.2, 0.25) is 0 Å². The molecule has 0 unspecified atom stereocenters. The summed E-state index contributed by atoms with van der Waals surface area (Å²) >= 11 is 0. The second-order valence-electron chi connectivity index (χ2n) is 2.82. The first-order valence-corrected chi connectivity index (χ1v) is 5.11. The maximum Gasteiger partial charge on any atom is 1.00 e. The minimum Gasteiger partial charge on any atom is -1.00 e. The van der Waals surface area contributed by atoms with Gasteiger partial charge in [0.1, 0.15) is 0 Å². The maximum absolute atomic E-state index is 11.0. The third kappa shape index (κ3) is 9.20. The fraction of sp³-hybridized carbons (Fsp3) is 0.667. The van der Waals surface area contributed by atoms with Gasteiger partial charge in [-0.15, -0.1) is 0 Å². The molecular weight excluding hydrogens is 238 g/mol. The van der Waals surface area contributed by atoms with E-state index in [0.29, 0.717) is 0 Å². The molecule has 0 saturated carbocycles. The summed E-state index contributed by atoms with van der Waals surface area (Å²) in [6.07, 6.45) is 0.303. The minimum absolute atomic E-state index is 0. The van der Waals surface area contributed by atoms with Crippen LogP contribution in [0.25, 0.3) is 0 Å². The average molecular weight is 254 g/mol. The van der Waals surface area contributed by atoms with Crippen LogP contribution < -0.4 is 29.6 Å². The Morgan fingerprint density at radius 2 is 1.06 bits per heavy atom. The largest absolute Gasteiger partial charge is 1.00 e. The van der Waals surface area contributed by atoms with E-state index < -0.39 is 25.2 Å². The summed E-state index contributed by atoms with van der Waals surface area (Å²) in [4.78, 5) is 32.9. The van der Waals surface area contributed by atoms with E-state index in [1.807, 2.05) is 0 Å². The Morgan fingerprint density at radius 1 is 0.824 bits per heavy atom. The van der Waals surface area contributed by atoms with Crippen molar-refractivity contribution in [3.8, 4) is 0 Å². The topological polar surface area (TPSA) is 78.9 Å². The zero-order valence-electron chi connectivity index (χ0n) is 11.6. The molecule has 0 amide bonds. The van der Waals surface area contributed by atoms with Crippen molar-refractivity contribution in [1.82, 2.24) is 0 Å². The third-order valence-electron chi connectivity index (χ3n) is 1.55. The fourth-order valence-corrected chi connectivity index (χ4v) is 0.644. The molecule has 0 rings (SSSR count). The van der Waals surface area contributed by atoms with Gasteiger partial charge in [-0.05, 0) is 0 Å². The van der Waals surface area contributed by atoms with Crippen LogP contribution in [0.2, 0.25) is 0 Å². The monoisotopic (exact) mass is 254 g/mol. The van der Waals surface area contributed by atoms with E-state index in [0.717, 1.165) is 0 Å². The molecule has 0 heterocycles. The van der Waals surface area contributed by atoms with Crippen molar-refractivity contribution >= 4 is 25.2 Å². The first kappa shape index (κ1) is 18.8. The molecule has 17 heavy (non-hydrogen) atoms. The van der Waals surface area contributed by atoms with Gasteiger partial charge in [0.05, 0.1) is 0 Å². The van der Waals surface area contributed by atoms with E-state index in [4.69, 9.17) is 0 Å². The normalized spacial score (nSPS) is 8.65. The molecule has 0 aromatic carbocycles. The van der Waals surface area contributed by atoms with Crippen LogP contribution in [0.1, 0.15) is 41.5 Å². The molecule has 0 radical (unpaired) electrons. The molecule has 0 fully saturated rings. The number of hydrogen-bond acceptors (Lipinski definition) is 6. The first-order valence-electron chi connectivity index (χ1n) is 5.11. The van der Waals surface area contributed by atoms with Crippen molar-refractivity contribution in [2.24, 2.45) is 0 Å². The van der Waals surface area contributed by atoms with Crippen LogP contribution in [0, 0.1) is 0 Å². The Kier molecular flexibility index (Phi) is 11.8. The number of carbonyl (C=O) groups is 3. The minimum atomic E-state index is -1.58. The summed E-state index contributed by atoms with van der Waals surface area (Å²) in [5.74, 6) is -1.84. The molecule has 0 spiro atoms. The van der Waals surface area contributed by atoms with Crippen LogP contribution in [0.15, 0.2) is 0 Å². The van der Waals surface area contributed by atoms with Gasteiger partial charge in [-0.1, -0.05) is 20.8 Å². The molecule has 6 nitrogen and oxygen atoms in total. The second kappa shape index (κ2) is 10.6. The number of rotatable bonds is 6. The molecule has 92 valence electrons. The predicted molar refractivity (Wildman–Crippen MR) is 56.0 cm³/mol. The Hall–Kier alpha value is -0.525. The molecular formula is C9H16BNaO6. The number of hydrogen-bond donors (Lipinski definition) is 0. The van der Waals surface area contributed by atoms with Crippen LogP contribution >= 0.6 is 0 Å². The molecule has 0 aromatic heterocycles. The quantitative estimate of drug-likeness (QED) is 0.507. The summed E-state index contributed by atoms with van der Waals surface area (Å²) in [5, 5.41) is 0. The molecule has 0 aliphatic heterocycles. The summed E-state index contributed by atoms with van der Waals surface area (Å²) in [7, 11) is -1.58. The first-order chi connectivity index (χ1) is 7.53. The third-order valence-corrected chi connectivity index (χ3v) is 1.55. The summed E-state index contributed by atoms with van der Waals surface area (Å²) < 4.78 is 13.9.